The molecule has 0 bridgehead atoms. The standard InChI is InChI=1S/C46H79NO6/c1-9-50-40(42(5,6)49)32-27-30(2)37-38(52-32)39(48)44(8)34-20-19-33-41(3,4)35(21-22-45(33)29-46(34,45)24-23-43(37,44)7)53-36-28-47(25-26-51-36)31-17-15-13-11-10-12-14-16-18-31/h30-40,48-49H,9-29H2,1-8H3. The molecule has 8 rings (SSSR count). The van der Waals surface area contributed by atoms with E-state index in [0.29, 0.717) is 47.2 Å². The van der Waals surface area contributed by atoms with Gasteiger partial charge in [0.2, 0.25) is 0 Å². The molecule has 2 saturated heterocycles. The second-order valence-electron chi connectivity index (χ2n) is 21.7. The SMILES string of the molecule is CCOC(C1CC(C)C2C(O1)C(O)C1(C)C3CCC4C(C)(C)C(OC5CN(C6CCCCCCCCC6)CCO5)CCC45CC35CCC21C)C(C)(C)O. The summed E-state index contributed by atoms with van der Waals surface area (Å²) in [5, 5.41) is 23.8. The van der Waals surface area contributed by atoms with E-state index >= 15 is 0 Å². The molecule has 0 aromatic heterocycles. The minimum absolute atomic E-state index is 0.0265. The van der Waals surface area contributed by atoms with Crippen molar-refractivity contribution in [2.75, 3.05) is 26.3 Å². The van der Waals surface area contributed by atoms with Crippen LogP contribution in [0.15, 0.2) is 0 Å². The summed E-state index contributed by atoms with van der Waals surface area (Å²) in [7, 11) is 0. The summed E-state index contributed by atoms with van der Waals surface area (Å²) in [6, 6.07) is 0.687. The highest BCUT2D eigenvalue weighted by molar-refractivity contribution is 5.33. The lowest BCUT2D eigenvalue weighted by atomic mass is 9.41. The quantitative estimate of drug-likeness (QED) is 0.270. The second-order valence-corrected chi connectivity index (χ2v) is 21.7. The number of hydrogen-bond donors (Lipinski definition) is 2. The van der Waals surface area contributed by atoms with Crippen LogP contribution in [-0.4, -0.2) is 89.9 Å². The maximum absolute atomic E-state index is 12.7. The van der Waals surface area contributed by atoms with Crippen LogP contribution < -0.4 is 0 Å². The zero-order valence-corrected chi connectivity index (χ0v) is 35.2. The molecule has 0 radical (unpaired) electrons. The van der Waals surface area contributed by atoms with Crippen molar-refractivity contribution in [3.63, 3.8) is 0 Å². The number of aliphatic hydroxyl groups is 2. The predicted molar refractivity (Wildman–Crippen MR) is 209 cm³/mol. The van der Waals surface area contributed by atoms with Gasteiger partial charge in [0.15, 0.2) is 6.29 Å². The highest BCUT2D eigenvalue weighted by atomic mass is 16.7. The van der Waals surface area contributed by atoms with Gasteiger partial charge in [-0.1, -0.05) is 79.6 Å². The Balaban J connectivity index is 0.975. The third-order valence-electron chi connectivity index (χ3n) is 18.6. The first kappa shape index (κ1) is 39.5. The first-order valence-electron chi connectivity index (χ1n) is 22.8. The predicted octanol–water partition coefficient (Wildman–Crippen LogP) is 8.91. The van der Waals surface area contributed by atoms with Gasteiger partial charge in [-0.2, -0.15) is 0 Å². The van der Waals surface area contributed by atoms with Crippen molar-refractivity contribution in [3.05, 3.63) is 0 Å². The van der Waals surface area contributed by atoms with E-state index in [2.05, 4.69) is 39.5 Å². The first-order chi connectivity index (χ1) is 25.1. The van der Waals surface area contributed by atoms with Gasteiger partial charge < -0.3 is 29.2 Å². The minimum atomic E-state index is -1.01. The Morgan fingerprint density at radius 2 is 1.53 bits per heavy atom. The maximum atomic E-state index is 12.7. The van der Waals surface area contributed by atoms with E-state index in [1.54, 1.807) is 0 Å². The van der Waals surface area contributed by atoms with Crippen molar-refractivity contribution in [1.82, 2.24) is 4.90 Å². The van der Waals surface area contributed by atoms with Gasteiger partial charge in [0.25, 0.3) is 0 Å². The lowest BCUT2D eigenvalue weighted by Gasteiger charge is -2.64. The minimum Gasteiger partial charge on any atom is -0.390 e. The molecule has 2 heterocycles. The van der Waals surface area contributed by atoms with Crippen LogP contribution in [0.3, 0.4) is 0 Å². The van der Waals surface area contributed by atoms with Crippen LogP contribution in [0.2, 0.25) is 0 Å². The molecule has 6 aliphatic carbocycles. The Bertz CT molecular complexity index is 1290. The Labute approximate surface area is 323 Å². The van der Waals surface area contributed by atoms with Gasteiger partial charge >= 0.3 is 0 Å². The van der Waals surface area contributed by atoms with Crippen molar-refractivity contribution in [2.45, 2.75) is 213 Å². The molecule has 2 aliphatic heterocycles. The molecule has 0 aromatic rings. The van der Waals surface area contributed by atoms with Crippen LogP contribution in [0, 0.1) is 50.7 Å². The van der Waals surface area contributed by atoms with Crippen molar-refractivity contribution in [3.8, 4) is 0 Å². The number of rotatable bonds is 7. The van der Waals surface area contributed by atoms with Crippen LogP contribution in [0.4, 0.5) is 0 Å². The fourth-order valence-corrected chi connectivity index (χ4v) is 16.1. The molecule has 0 aromatic carbocycles. The van der Waals surface area contributed by atoms with Crippen LogP contribution >= 0.6 is 0 Å². The summed E-state index contributed by atoms with van der Waals surface area (Å²) in [4.78, 5) is 2.74. The molecular weight excluding hydrogens is 663 g/mol. The van der Waals surface area contributed by atoms with Gasteiger partial charge in [0.05, 0.1) is 36.6 Å². The monoisotopic (exact) mass is 742 g/mol. The summed E-state index contributed by atoms with van der Waals surface area (Å²) in [5.41, 5.74) is -0.403. The van der Waals surface area contributed by atoms with Gasteiger partial charge in [-0.25, -0.2) is 0 Å². The summed E-state index contributed by atoms with van der Waals surface area (Å²) in [6.07, 6.45) is 20.7. The van der Waals surface area contributed by atoms with E-state index in [-0.39, 0.29) is 40.8 Å². The van der Waals surface area contributed by atoms with Gasteiger partial charge in [-0.3, -0.25) is 4.90 Å². The summed E-state index contributed by atoms with van der Waals surface area (Å²) < 4.78 is 26.7. The zero-order chi connectivity index (χ0) is 37.6. The number of aliphatic hydroxyl groups excluding tert-OH is 1. The fraction of sp³-hybridized carbons (Fsp3) is 1.00. The Morgan fingerprint density at radius 3 is 2.21 bits per heavy atom. The van der Waals surface area contributed by atoms with Crippen LogP contribution in [0.25, 0.3) is 0 Å². The smallest absolute Gasteiger partial charge is 0.170 e. The third kappa shape index (κ3) is 6.10. The maximum Gasteiger partial charge on any atom is 0.170 e. The highest BCUT2D eigenvalue weighted by Crippen LogP contribution is 2.89. The number of fused-ring (bicyclic) bond motifs is 4. The van der Waals surface area contributed by atoms with Crippen molar-refractivity contribution >= 4 is 0 Å². The van der Waals surface area contributed by atoms with Crippen LogP contribution in [-0.2, 0) is 18.9 Å². The van der Waals surface area contributed by atoms with Crippen molar-refractivity contribution < 1.29 is 29.2 Å². The van der Waals surface area contributed by atoms with E-state index in [0.717, 1.165) is 32.5 Å². The van der Waals surface area contributed by atoms with E-state index in [9.17, 15) is 10.2 Å². The Morgan fingerprint density at radius 1 is 0.868 bits per heavy atom. The van der Waals surface area contributed by atoms with Crippen LogP contribution in [0.5, 0.6) is 0 Å². The average molecular weight is 742 g/mol. The normalized spacial score (nSPS) is 49.8. The van der Waals surface area contributed by atoms with E-state index in [1.165, 1.54) is 96.3 Å². The Hall–Kier alpha value is -0.280. The van der Waals surface area contributed by atoms with E-state index < -0.39 is 17.8 Å². The number of hydrogen-bond acceptors (Lipinski definition) is 7. The molecule has 14 atom stereocenters. The molecule has 6 saturated carbocycles. The number of ether oxygens (including phenoxy) is 4. The molecule has 53 heavy (non-hydrogen) atoms. The van der Waals surface area contributed by atoms with Gasteiger partial charge in [0, 0.05) is 31.2 Å². The molecule has 2 N–H and O–H groups in total. The van der Waals surface area contributed by atoms with Crippen molar-refractivity contribution in [2.24, 2.45) is 50.7 Å². The molecule has 0 amide bonds. The molecule has 304 valence electrons. The average Bonchev–Trinajstić information content (AvgIpc) is 3.75. The van der Waals surface area contributed by atoms with Gasteiger partial charge in [-0.05, 0) is 130 Å². The molecule has 7 nitrogen and oxygen atoms in total. The fourth-order valence-electron chi connectivity index (χ4n) is 16.1. The molecule has 8 aliphatic rings. The summed E-state index contributed by atoms with van der Waals surface area (Å²) in [6.45, 7) is 21.5. The molecule has 7 heteroatoms. The molecule has 8 fully saturated rings. The third-order valence-corrected chi connectivity index (χ3v) is 18.6. The summed E-state index contributed by atoms with van der Waals surface area (Å²) in [5.74, 6) is 1.88. The largest absolute Gasteiger partial charge is 0.390 e. The zero-order valence-electron chi connectivity index (χ0n) is 35.2. The van der Waals surface area contributed by atoms with Crippen molar-refractivity contribution in [1.29, 1.82) is 0 Å². The summed E-state index contributed by atoms with van der Waals surface area (Å²) >= 11 is 0. The van der Waals surface area contributed by atoms with E-state index in [1.807, 2.05) is 20.8 Å². The van der Waals surface area contributed by atoms with Gasteiger partial charge in [0.1, 0.15) is 6.10 Å². The second kappa shape index (κ2) is 14.2. The molecule has 2 spiro atoms. The van der Waals surface area contributed by atoms with E-state index in [4.69, 9.17) is 18.9 Å². The van der Waals surface area contributed by atoms with Gasteiger partial charge in [-0.15, -0.1) is 0 Å². The first-order valence-corrected chi connectivity index (χ1v) is 22.8. The lowest BCUT2D eigenvalue weighted by Crippen LogP contribution is -2.60. The number of morpholine rings is 1. The topological polar surface area (TPSA) is 80.6 Å². The molecular formula is C46H79NO6. The lowest BCUT2D eigenvalue weighted by molar-refractivity contribution is -0.251. The highest BCUT2D eigenvalue weighted by Gasteiger charge is 2.84. The number of nitrogens with zero attached hydrogens (tertiary/aromatic N) is 1. The van der Waals surface area contributed by atoms with Crippen LogP contribution in [0.1, 0.15) is 165 Å². The molecule has 14 unspecified atom stereocenters. The Kier molecular flexibility index (Phi) is 10.6.